The molecule has 14 heavy (non-hydrogen) atoms. The molecule has 0 saturated carbocycles. The first-order chi connectivity index (χ1) is 6.56. The smallest absolute Gasteiger partial charge is 0.234 e. The van der Waals surface area contributed by atoms with E-state index in [1.165, 1.54) is 0 Å². The normalized spacial score (nSPS) is 12.9. The lowest BCUT2D eigenvalue weighted by Crippen LogP contribution is -2.42. The molecule has 4 heteroatoms. The minimum absolute atomic E-state index is 0.0309. The Labute approximate surface area is 86.4 Å². The van der Waals surface area contributed by atoms with Gasteiger partial charge in [-0.15, -0.1) is 0 Å². The summed E-state index contributed by atoms with van der Waals surface area (Å²) in [6.45, 7) is 9.56. The largest absolute Gasteiger partial charge is 0.380 e. The maximum Gasteiger partial charge on any atom is 0.234 e. The zero-order valence-corrected chi connectivity index (χ0v) is 9.59. The van der Waals surface area contributed by atoms with Gasteiger partial charge in [-0.25, -0.2) is 0 Å². The van der Waals surface area contributed by atoms with Crippen LogP contribution in [0.25, 0.3) is 0 Å². The predicted octanol–water partition coefficient (Wildman–Crippen LogP) is 0.526. The Kier molecular flexibility index (Phi) is 7.42. The Balaban J connectivity index is 3.45. The third kappa shape index (κ3) is 8.01. The highest BCUT2D eigenvalue weighted by Crippen LogP contribution is 1.84. The lowest BCUT2D eigenvalue weighted by atomic mass is 10.3. The molecule has 1 unspecified atom stereocenters. The lowest BCUT2D eigenvalue weighted by molar-refractivity contribution is -0.120. The van der Waals surface area contributed by atoms with E-state index < -0.39 is 0 Å². The number of carbonyl (C=O) groups excluding carboxylic acids is 1. The molecular formula is C10H22N2O2. The molecule has 0 aliphatic rings. The van der Waals surface area contributed by atoms with Crippen LogP contribution in [0.2, 0.25) is 0 Å². The Hall–Kier alpha value is -0.610. The zero-order chi connectivity index (χ0) is 11.0. The fourth-order valence-electron chi connectivity index (χ4n) is 0.993. The molecular weight excluding hydrogens is 180 g/mol. The summed E-state index contributed by atoms with van der Waals surface area (Å²) in [6.07, 6.45) is 0. The van der Waals surface area contributed by atoms with Gasteiger partial charge in [0.2, 0.25) is 5.91 Å². The summed E-state index contributed by atoms with van der Waals surface area (Å²) in [6, 6.07) is 0.416. The molecule has 0 rings (SSSR count). The van der Waals surface area contributed by atoms with E-state index >= 15 is 0 Å². The number of ether oxygens (including phenoxy) is 1. The van der Waals surface area contributed by atoms with Gasteiger partial charge in [-0.2, -0.15) is 0 Å². The fourth-order valence-corrected chi connectivity index (χ4v) is 0.993. The average Bonchev–Trinajstić information content (AvgIpc) is 2.10. The van der Waals surface area contributed by atoms with Crippen molar-refractivity contribution in [2.24, 2.45) is 0 Å². The molecule has 0 aromatic heterocycles. The third-order valence-electron chi connectivity index (χ3n) is 1.63. The number of nitrogens with one attached hydrogen (secondary N) is 2. The van der Waals surface area contributed by atoms with E-state index in [4.69, 9.17) is 4.74 Å². The van der Waals surface area contributed by atoms with Crippen molar-refractivity contribution < 1.29 is 9.53 Å². The van der Waals surface area contributed by atoms with Crippen molar-refractivity contribution in [1.82, 2.24) is 10.6 Å². The van der Waals surface area contributed by atoms with Crippen LogP contribution in [0.1, 0.15) is 27.7 Å². The number of amides is 1. The van der Waals surface area contributed by atoms with E-state index in [1.54, 1.807) is 0 Å². The summed E-state index contributed by atoms with van der Waals surface area (Å²) in [5.74, 6) is 0.0309. The van der Waals surface area contributed by atoms with Gasteiger partial charge in [-0.05, 0) is 27.7 Å². The summed E-state index contributed by atoms with van der Waals surface area (Å²) in [4.78, 5) is 11.2. The van der Waals surface area contributed by atoms with Gasteiger partial charge >= 0.3 is 0 Å². The number of hydrogen-bond donors (Lipinski definition) is 2. The first-order valence-corrected chi connectivity index (χ1v) is 5.16. The summed E-state index contributed by atoms with van der Waals surface area (Å²) in [7, 11) is 0. The molecule has 0 heterocycles. The highest BCUT2D eigenvalue weighted by atomic mass is 16.5. The van der Waals surface area contributed by atoms with Crippen molar-refractivity contribution in [2.75, 3.05) is 19.8 Å². The van der Waals surface area contributed by atoms with E-state index in [0.717, 1.165) is 0 Å². The Morgan fingerprint density at radius 3 is 2.50 bits per heavy atom. The van der Waals surface area contributed by atoms with Crippen LogP contribution in [0.15, 0.2) is 0 Å². The molecule has 0 spiro atoms. The predicted molar refractivity (Wildman–Crippen MR) is 57.2 cm³/mol. The van der Waals surface area contributed by atoms with Crippen LogP contribution >= 0.6 is 0 Å². The summed E-state index contributed by atoms with van der Waals surface area (Å²) in [5.41, 5.74) is 0. The molecule has 4 nitrogen and oxygen atoms in total. The number of hydrogen-bond acceptors (Lipinski definition) is 3. The van der Waals surface area contributed by atoms with Crippen LogP contribution in [0.3, 0.4) is 0 Å². The molecule has 1 atom stereocenters. The van der Waals surface area contributed by atoms with Crippen LogP contribution in [-0.2, 0) is 9.53 Å². The second-order valence-electron chi connectivity index (χ2n) is 3.66. The van der Waals surface area contributed by atoms with Crippen LogP contribution in [0, 0.1) is 0 Å². The molecule has 0 saturated heterocycles. The maximum atomic E-state index is 11.2. The molecule has 0 aromatic carbocycles. The van der Waals surface area contributed by atoms with Crippen molar-refractivity contribution in [3.63, 3.8) is 0 Å². The second-order valence-corrected chi connectivity index (χ2v) is 3.66. The van der Waals surface area contributed by atoms with Crippen LogP contribution in [0.5, 0.6) is 0 Å². The fraction of sp³-hybridized carbons (Fsp3) is 0.900. The summed E-state index contributed by atoms with van der Waals surface area (Å²) in [5, 5.41) is 5.90. The van der Waals surface area contributed by atoms with Crippen molar-refractivity contribution >= 4 is 5.91 Å². The Morgan fingerprint density at radius 2 is 2.00 bits per heavy atom. The van der Waals surface area contributed by atoms with E-state index in [9.17, 15) is 4.79 Å². The first-order valence-electron chi connectivity index (χ1n) is 5.16. The Bertz CT molecular complexity index is 160. The molecule has 0 bridgehead atoms. The van der Waals surface area contributed by atoms with E-state index in [2.05, 4.69) is 10.6 Å². The van der Waals surface area contributed by atoms with Gasteiger partial charge in [-0.3, -0.25) is 4.79 Å². The topological polar surface area (TPSA) is 50.4 Å². The van der Waals surface area contributed by atoms with Gasteiger partial charge in [0.1, 0.15) is 0 Å². The SMILES string of the molecule is CCOCC(C)NCC(=O)NC(C)C. The van der Waals surface area contributed by atoms with Gasteiger partial charge in [0.05, 0.1) is 13.2 Å². The van der Waals surface area contributed by atoms with Crippen LogP contribution in [0.4, 0.5) is 0 Å². The van der Waals surface area contributed by atoms with Crippen molar-refractivity contribution in [3.8, 4) is 0 Å². The minimum atomic E-state index is 0.0309. The molecule has 84 valence electrons. The van der Waals surface area contributed by atoms with Crippen molar-refractivity contribution in [3.05, 3.63) is 0 Å². The minimum Gasteiger partial charge on any atom is -0.380 e. The third-order valence-corrected chi connectivity index (χ3v) is 1.63. The van der Waals surface area contributed by atoms with Crippen LogP contribution in [-0.4, -0.2) is 37.7 Å². The molecule has 2 N–H and O–H groups in total. The van der Waals surface area contributed by atoms with Crippen molar-refractivity contribution in [2.45, 2.75) is 39.8 Å². The summed E-state index contributed by atoms with van der Waals surface area (Å²) >= 11 is 0. The standard InChI is InChI=1S/C10H22N2O2/c1-5-14-7-9(4)11-6-10(13)12-8(2)3/h8-9,11H,5-7H2,1-4H3,(H,12,13). The zero-order valence-electron chi connectivity index (χ0n) is 9.59. The monoisotopic (exact) mass is 202 g/mol. The quantitative estimate of drug-likeness (QED) is 0.633. The number of rotatable bonds is 7. The van der Waals surface area contributed by atoms with E-state index in [-0.39, 0.29) is 18.0 Å². The lowest BCUT2D eigenvalue weighted by Gasteiger charge is -2.14. The van der Waals surface area contributed by atoms with Gasteiger partial charge in [0, 0.05) is 18.7 Å². The average molecular weight is 202 g/mol. The van der Waals surface area contributed by atoms with Crippen molar-refractivity contribution in [1.29, 1.82) is 0 Å². The number of carbonyl (C=O) groups is 1. The molecule has 0 radical (unpaired) electrons. The molecule has 0 aliphatic heterocycles. The van der Waals surface area contributed by atoms with Gasteiger partial charge < -0.3 is 15.4 Å². The first kappa shape index (κ1) is 13.4. The van der Waals surface area contributed by atoms with Gasteiger partial charge in [-0.1, -0.05) is 0 Å². The summed E-state index contributed by atoms with van der Waals surface area (Å²) < 4.78 is 5.21. The molecule has 0 fully saturated rings. The van der Waals surface area contributed by atoms with Gasteiger partial charge in [0.25, 0.3) is 0 Å². The maximum absolute atomic E-state index is 11.2. The van der Waals surface area contributed by atoms with E-state index in [1.807, 2.05) is 27.7 Å². The van der Waals surface area contributed by atoms with Gasteiger partial charge in [0.15, 0.2) is 0 Å². The highest BCUT2D eigenvalue weighted by molar-refractivity contribution is 5.78. The molecule has 0 aromatic rings. The van der Waals surface area contributed by atoms with Crippen LogP contribution < -0.4 is 10.6 Å². The van der Waals surface area contributed by atoms with E-state index in [0.29, 0.717) is 19.8 Å². The second kappa shape index (κ2) is 7.76. The highest BCUT2D eigenvalue weighted by Gasteiger charge is 2.05. The molecule has 0 aliphatic carbocycles. The molecule has 1 amide bonds. The Morgan fingerprint density at radius 1 is 1.36 bits per heavy atom.